The highest BCUT2D eigenvalue weighted by Gasteiger charge is 2.14. The Bertz CT molecular complexity index is 1090. The second-order valence-corrected chi connectivity index (χ2v) is 7.47. The molecule has 0 atom stereocenters. The average molecular weight is 406 g/mol. The van der Waals surface area contributed by atoms with Gasteiger partial charge in [0.2, 0.25) is 5.13 Å². The van der Waals surface area contributed by atoms with Crippen molar-refractivity contribution in [1.82, 2.24) is 4.98 Å². The third-order valence-electron chi connectivity index (χ3n) is 4.05. The Balaban J connectivity index is 1.65. The van der Waals surface area contributed by atoms with Crippen LogP contribution in [-0.4, -0.2) is 16.3 Å². The molecule has 0 bridgehead atoms. The summed E-state index contributed by atoms with van der Waals surface area (Å²) in [6, 6.07) is 24.6. The fraction of sp³-hybridized carbons (Fsp3) is 0. The Morgan fingerprint density at radius 1 is 0.893 bits per heavy atom. The standard InChI is InChI=1S/C22H16ClN3OS/c23-18-10-8-16(9-11-18)20-21(17-4-2-1-3-5-17)28-22(25-20)26-24-14-15-6-12-19(27)13-7-15/h1-14,27H,(H,25,26)/b24-14-. The first kappa shape index (κ1) is 18.2. The van der Waals surface area contributed by atoms with Crippen molar-refractivity contribution in [2.45, 2.75) is 0 Å². The molecule has 0 saturated carbocycles. The van der Waals surface area contributed by atoms with Gasteiger partial charge in [0.05, 0.1) is 16.8 Å². The summed E-state index contributed by atoms with van der Waals surface area (Å²) in [5.74, 6) is 0.227. The maximum atomic E-state index is 9.35. The van der Waals surface area contributed by atoms with Crippen LogP contribution in [0.3, 0.4) is 0 Å². The van der Waals surface area contributed by atoms with Gasteiger partial charge in [0, 0.05) is 10.6 Å². The van der Waals surface area contributed by atoms with Gasteiger partial charge in [-0.25, -0.2) is 4.98 Å². The van der Waals surface area contributed by atoms with Crippen molar-refractivity contribution in [3.63, 3.8) is 0 Å². The number of phenols is 1. The Kier molecular flexibility index (Phi) is 5.37. The number of hydrazone groups is 1. The van der Waals surface area contributed by atoms with Crippen molar-refractivity contribution in [3.8, 4) is 27.4 Å². The molecule has 0 fully saturated rings. The highest BCUT2D eigenvalue weighted by Crippen LogP contribution is 2.39. The third-order valence-corrected chi connectivity index (χ3v) is 5.31. The molecule has 3 aromatic carbocycles. The first-order valence-corrected chi connectivity index (χ1v) is 9.79. The number of hydrogen-bond acceptors (Lipinski definition) is 5. The number of rotatable bonds is 5. The normalized spacial score (nSPS) is 11.0. The molecule has 0 amide bonds. The van der Waals surface area contributed by atoms with E-state index in [4.69, 9.17) is 16.6 Å². The van der Waals surface area contributed by atoms with Gasteiger partial charge in [0.1, 0.15) is 5.75 Å². The second-order valence-electron chi connectivity index (χ2n) is 6.03. The van der Waals surface area contributed by atoms with E-state index in [0.29, 0.717) is 10.2 Å². The number of benzene rings is 3. The van der Waals surface area contributed by atoms with Crippen LogP contribution in [0, 0.1) is 0 Å². The molecule has 0 radical (unpaired) electrons. The van der Waals surface area contributed by atoms with Crippen molar-refractivity contribution in [2.24, 2.45) is 5.10 Å². The van der Waals surface area contributed by atoms with Crippen LogP contribution >= 0.6 is 22.9 Å². The lowest BCUT2D eigenvalue weighted by molar-refractivity contribution is 0.475. The molecule has 0 unspecified atom stereocenters. The predicted molar refractivity (Wildman–Crippen MR) is 117 cm³/mol. The van der Waals surface area contributed by atoms with Crippen molar-refractivity contribution in [1.29, 1.82) is 0 Å². The van der Waals surface area contributed by atoms with Crippen LogP contribution in [0.4, 0.5) is 5.13 Å². The molecule has 2 N–H and O–H groups in total. The number of aromatic nitrogens is 1. The number of nitrogens with zero attached hydrogens (tertiary/aromatic N) is 2. The quantitative estimate of drug-likeness (QED) is 0.303. The van der Waals surface area contributed by atoms with Gasteiger partial charge < -0.3 is 5.11 Å². The summed E-state index contributed by atoms with van der Waals surface area (Å²) < 4.78 is 0. The predicted octanol–water partition coefficient (Wildman–Crippen LogP) is 6.28. The fourth-order valence-corrected chi connectivity index (χ4v) is 3.75. The largest absolute Gasteiger partial charge is 0.508 e. The Labute approximate surface area is 171 Å². The number of thiazole rings is 1. The van der Waals surface area contributed by atoms with Gasteiger partial charge in [-0.15, -0.1) is 0 Å². The summed E-state index contributed by atoms with van der Waals surface area (Å²) in [7, 11) is 0. The van der Waals surface area contributed by atoms with Gasteiger partial charge in [-0.2, -0.15) is 5.10 Å². The molecule has 28 heavy (non-hydrogen) atoms. The van der Waals surface area contributed by atoms with Gasteiger partial charge in [-0.1, -0.05) is 65.4 Å². The Morgan fingerprint density at radius 2 is 1.61 bits per heavy atom. The molecule has 0 aliphatic heterocycles. The van der Waals surface area contributed by atoms with Gasteiger partial charge >= 0.3 is 0 Å². The van der Waals surface area contributed by atoms with Crippen LogP contribution in [-0.2, 0) is 0 Å². The summed E-state index contributed by atoms with van der Waals surface area (Å²) in [5, 5.41) is 15.0. The van der Waals surface area contributed by atoms with E-state index in [9.17, 15) is 5.11 Å². The smallest absolute Gasteiger partial charge is 0.204 e. The van der Waals surface area contributed by atoms with Gasteiger partial charge in [0.15, 0.2) is 0 Å². The van der Waals surface area contributed by atoms with Crippen molar-refractivity contribution < 1.29 is 5.11 Å². The fourth-order valence-electron chi connectivity index (χ4n) is 2.68. The molecule has 1 aromatic heterocycles. The summed E-state index contributed by atoms with van der Waals surface area (Å²) in [6.45, 7) is 0. The Hall–Kier alpha value is -3.15. The first-order valence-electron chi connectivity index (χ1n) is 8.59. The van der Waals surface area contributed by atoms with Crippen LogP contribution < -0.4 is 5.43 Å². The van der Waals surface area contributed by atoms with Crippen LogP contribution in [0.1, 0.15) is 5.56 Å². The van der Waals surface area contributed by atoms with Gasteiger partial charge in [-0.05, 0) is 47.5 Å². The van der Waals surface area contributed by atoms with Crippen molar-refractivity contribution >= 4 is 34.3 Å². The molecule has 4 nitrogen and oxygen atoms in total. The molecule has 1 heterocycles. The lowest BCUT2D eigenvalue weighted by Gasteiger charge is -2.02. The zero-order valence-corrected chi connectivity index (χ0v) is 16.3. The van der Waals surface area contributed by atoms with Crippen LogP contribution in [0.15, 0.2) is 84.0 Å². The first-order chi connectivity index (χ1) is 13.7. The van der Waals surface area contributed by atoms with E-state index in [1.807, 2.05) is 42.5 Å². The lowest BCUT2D eigenvalue weighted by Crippen LogP contribution is -1.90. The number of halogens is 1. The van der Waals surface area contributed by atoms with E-state index in [1.54, 1.807) is 41.8 Å². The van der Waals surface area contributed by atoms with Gasteiger partial charge in [-0.3, -0.25) is 5.43 Å². The topological polar surface area (TPSA) is 57.5 Å². The summed E-state index contributed by atoms with van der Waals surface area (Å²) in [5.41, 5.74) is 6.86. The van der Waals surface area contributed by atoms with E-state index >= 15 is 0 Å². The van der Waals surface area contributed by atoms with E-state index in [2.05, 4.69) is 22.7 Å². The zero-order valence-electron chi connectivity index (χ0n) is 14.7. The SMILES string of the molecule is Oc1ccc(/C=N\Nc2nc(-c3ccc(Cl)cc3)c(-c3ccccc3)s2)cc1. The number of hydrogen-bond donors (Lipinski definition) is 2. The van der Waals surface area contributed by atoms with Crippen LogP contribution in [0.2, 0.25) is 5.02 Å². The highest BCUT2D eigenvalue weighted by molar-refractivity contribution is 7.19. The maximum absolute atomic E-state index is 9.35. The molecule has 138 valence electrons. The number of aromatic hydroxyl groups is 1. The van der Waals surface area contributed by atoms with E-state index in [0.717, 1.165) is 27.3 Å². The minimum absolute atomic E-state index is 0.227. The molecular weight excluding hydrogens is 390 g/mol. The number of phenolic OH excluding ortho intramolecular Hbond substituents is 1. The maximum Gasteiger partial charge on any atom is 0.204 e. The molecule has 0 aliphatic carbocycles. The molecule has 6 heteroatoms. The van der Waals surface area contributed by atoms with Crippen LogP contribution in [0.5, 0.6) is 5.75 Å². The molecule has 4 aromatic rings. The van der Waals surface area contributed by atoms with Gasteiger partial charge in [0.25, 0.3) is 0 Å². The van der Waals surface area contributed by atoms with E-state index < -0.39 is 0 Å². The summed E-state index contributed by atoms with van der Waals surface area (Å²) in [6.07, 6.45) is 1.69. The van der Waals surface area contributed by atoms with Crippen LogP contribution in [0.25, 0.3) is 21.7 Å². The lowest BCUT2D eigenvalue weighted by atomic mass is 10.1. The molecule has 0 saturated heterocycles. The monoisotopic (exact) mass is 405 g/mol. The Morgan fingerprint density at radius 3 is 2.32 bits per heavy atom. The van der Waals surface area contributed by atoms with E-state index in [1.165, 1.54) is 0 Å². The second kappa shape index (κ2) is 8.25. The highest BCUT2D eigenvalue weighted by atomic mass is 35.5. The molecular formula is C22H16ClN3OS. The van der Waals surface area contributed by atoms with Crippen molar-refractivity contribution in [2.75, 3.05) is 5.43 Å². The number of anilines is 1. The summed E-state index contributed by atoms with van der Waals surface area (Å²) >= 11 is 7.57. The average Bonchev–Trinajstić information content (AvgIpc) is 3.15. The minimum atomic E-state index is 0.227. The number of nitrogens with one attached hydrogen (secondary N) is 1. The molecule has 0 spiro atoms. The van der Waals surface area contributed by atoms with E-state index in [-0.39, 0.29) is 5.75 Å². The minimum Gasteiger partial charge on any atom is -0.508 e. The molecule has 4 rings (SSSR count). The third kappa shape index (κ3) is 4.22. The summed E-state index contributed by atoms with van der Waals surface area (Å²) in [4.78, 5) is 5.80. The zero-order chi connectivity index (χ0) is 19.3. The van der Waals surface area contributed by atoms with Crippen molar-refractivity contribution in [3.05, 3.63) is 89.4 Å². The molecule has 0 aliphatic rings.